The Morgan fingerprint density at radius 2 is 2.11 bits per heavy atom. The molecule has 0 unspecified atom stereocenters. The van der Waals surface area contributed by atoms with Crippen molar-refractivity contribution < 1.29 is 4.74 Å². The Bertz CT molecular complexity index is 394. The fraction of sp³-hybridized carbons (Fsp3) is 0.500. The highest BCUT2D eigenvalue weighted by Gasteiger charge is 2.14. The van der Waals surface area contributed by atoms with Crippen LogP contribution in [0.3, 0.4) is 0 Å². The Hall–Kier alpha value is -1.44. The fourth-order valence-corrected chi connectivity index (χ4v) is 2.69. The number of benzene rings is 1. The first-order valence-corrected chi connectivity index (χ1v) is 6.91. The number of anilines is 1. The van der Waals surface area contributed by atoms with Gasteiger partial charge in [0.15, 0.2) is 0 Å². The molecule has 0 amide bonds. The molecule has 2 N–H and O–H groups in total. The summed E-state index contributed by atoms with van der Waals surface area (Å²) in [5, 5.41) is 0. The summed E-state index contributed by atoms with van der Waals surface area (Å²) in [6.07, 6.45) is 9.43. The topological polar surface area (TPSA) is 35.2 Å². The van der Waals surface area contributed by atoms with Crippen LogP contribution in [0.1, 0.15) is 37.7 Å². The van der Waals surface area contributed by atoms with Crippen molar-refractivity contribution in [3.63, 3.8) is 0 Å². The molecule has 0 radical (unpaired) electrons. The SMILES string of the molecule is C=CCc1cc(N)ccc1OCCC1CCCC1. The zero-order valence-electron chi connectivity index (χ0n) is 11.0. The van der Waals surface area contributed by atoms with Crippen LogP contribution >= 0.6 is 0 Å². The zero-order chi connectivity index (χ0) is 12.8. The van der Waals surface area contributed by atoms with Gasteiger partial charge in [0.05, 0.1) is 6.61 Å². The molecular weight excluding hydrogens is 222 g/mol. The molecule has 2 rings (SSSR count). The van der Waals surface area contributed by atoms with E-state index in [1.165, 1.54) is 32.1 Å². The van der Waals surface area contributed by atoms with Crippen LogP contribution in [0, 0.1) is 5.92 Å². The highest BCUT2D eigenvalue weighted by Crippen LogP contribution is 2.28. The molecule has 0 saturated heterocycles. The maximum Gasteiger partial charge on any atom is 0.122 e. The molecule has 0 aliphatic heterocycles. The first-order chi connectivity index (χ1) is 8.79. The first kappa shape index (κ1) is 13.0. The Morgan fingerprint density at radius 3 is 2.83 bits per heavy atom. The lowest BCUT2D eigenvalue weighted by molar-refractivity contribution is 0.277. The van der Waals surface area contributed by atoms with Crippen LogP contribution in [0.2, 0.25) is 0 Å². The molecule has 2 nitrogen and oxygen atoms in total. The summed E-state index contributed by atoms with van der Waals surface area (Å²) in [4.78, 5) is 0. The summed E-state index contributed by atoms with van der Waals surface area (Å²) in [5.74, 6) is 1.84. The van der Waals surface area contributed by atoms with Gasteiger partial charge in [-0.3, -0.25) is 0 Å². The van der Waals surface area contributed by atoms with Gasteiger partial charge < -0.3 is 10.5 Å². The highest BCUT2D eigenvalue weighted by molar-refractivity contribution is 5.48. The van der Waals surface area contributed by atoms with Crippen LogP contribution in [0.4, 0.5) is 5.69 Å². The van der Waals surface area contributed by atoms with Gasteiger partial charge in [0.25, 0.3) is 0 Å². The summed E-state index contributed by atoms with van der Waals surface area (Å²) in [6, 6.07) is 5.85. The van der Waals surface area contributed by atoms with Crippen LogP contribution in [0.25, 0.3) is 0 Å². The second-order valence-corrected chi connectivity index (χ2v) is 5.15. The van der Waals surface area contributed by atoms with Crippen molar-refractivity contribution >= 4 is 5.69 Å². The van der Waals surface area contributed by atoms with Gasteiger partial charge in [-0.15, -0.1) is 6.58 Å². The van der Waals surface area contributed by atoms with Crippen LogP contribution in [-0.2, 0) is 6.42 Å². The van der Waals surface area contributed by atoms with Crippen molar-refractivity contribution in [1.29, 1.82) is 0 Å². The van der Waals surface area contributed by atoms with Gasteiger partial charge in [0.2, 0.25) is 0 Å². The van der Waals surface area contributed by atoms with E-state index in [9.17, 15) is 0 Å². The molecule has 1 aromatic rings. The van der Waals surface area contributed by atoms with E-state index in [1.807, 2.05) is 24.3 Å². The van der Waals surface area contributed by atoms with E-state index < -0.39 is 0 Å². The maximum atomic E-state index is 5.90. The van der Waals surface area contributed by atoms with E-state index in [-0.39, 0.29) is 0 Å². The molecule has 0 spiro atoms. The molecule has 1 aliphatic carbocycles. The third-order valence-electron chi connectivity index (χ3n) is 3.71. The van der Waals surface area contributed by atoms with E-state index in [0.717, 1.165) is 35.9 Å². The number of rotatable bonds is 6. The molecule has 0 atom stereocenters. The van der Waals surface area contributed by atoms with Gasteiger partial charge in [0.1, 0.15) is 5.75 Å². The molecule has 98 valence electrons. The normalized spacial score (nSPS) is 15.8. The van der Waals surface area contributed by atoms with Crippen molar-refractivity contribution in [3.05, 3.63) is 36.4 Å². The van der Waals surface area contributed by atoms with Crippen molar-refractivity contribution in [2.24, 2.45) is 5.92 Å². The third-order valence-corrected chi connectivity index (χ3v) is 3.71. The number of nitrogens with two attached hydrogens (primary N) is 1. The quantitative estimate of drug-likeness (QED) is 0.608. The average molecular weight is 245 g/mol. The molecule has 0 heterocycles. The molecule has 1 aromatic carbocycles. The smallest absolute Gasteiger partial charge is 0.122 e. The minimum Gasteiger partial charge on any atom is -0.493 e. The van der Waals surface area contributed by atoms with Gasteiger partial charge >= 0.3 is 0 Å². The highest BCUT2D eigenvalue weighted by atomic mass is 16.5. The molecular formula is C16H23NO. The fourth-order valence-electron chi connectivity index (χ4n) is 2.69. The van der Waals surface area contributed by atoms with Gasteiger partial charge in [-0.25, -0.2) is 0 Å². The van der Waals surface area contributed by atoms with Crippen molar-refractivity contribution in [1.82, 2.24) is 0 Å². The average Bonchev–Trinajstić information content (AvgIpc) is 2.85. The molecule has 0 aromatic heterocycles. The lowest BCUT2D eigenvalue weighted by atomic mass is 10.1. The molecule has 18 heavy (non-hydrogen) atoms. The largest absolute Gasteiger partial charge is 0.493 e. The van der Waals surface area contributed by atoms with Crippen LogP contribution < -0.4 is 10.5 Å². The minimum absolute atomic E-state index is 0.787. The summed E-state index contributed by atoms with van der Waals surface area (Å²) in [6.45, 7) is 4.59. The van der Waals surface area contributed by atoms with Crippen LogP contribution in [0.15, 0.2) is 30.9 Å². The van der Waals surface area contributed by atoms with E-state index in [4.69, 9.17) is 10.5 Å². The van der Waals surface area contributed by atoms with Crippen molar-refractivity contribution in [2.45, 2.75) is 38.5 Å². The second kappa shape index (κ2) is 6.48. The van der Waals surface area contributed by atoms with Gasteiger partial charge in [-0.1, -0.05) is 31.8 Å². The second-order valence-electron chi connectivity index (χ2n) is 5.15. The first-order valence-electron chi connectivity index (χ1n) is 6.91. The zero-order valence-corrected chi connectivity index (χ0v) is 11.0. The summed E-state index contributed by atoms with van der Waals surface area (Å²) < 4.78 is 5.90. The third kappa shape index (κ3) is 3.52. The Morgan fingerprint density at radius 1 is 1.33 bits per heavy atom. The molecule has 1 fully saturated rings. The van der Waals surface area contributed by atoms with Gasteiger partial charge in [-0.2, -0.15) is 0 Å². The van der Waals surface area contributed by atoms with E-state index >= 15 is 0 Å². The van der Waals surface area contributed by atoms with Crippen molar-refractivity contribution in [2.75, 3.05) is 12.3 Å². The molecule has 1 aliphatic rings. The van der Waals surface area contributed by atoms with E-state index in [2.05, 4.69) is 6.58 Å². The lowest BCUT2D eigenvalue weighted by Crippen LogP contribution is -2.05. The lowest BCUT2D eigenvalue weighted by Gasteiger charge is -2.13. The van der Waals surface area contributed by atoms with Crippen LogP contribution in [-0.4, -0.2) is 6.61 Å². The number of nitrogen functional groups attached to an aromatic ring is 1. The summed E-state index contributed by atoms with van der Waals surface area (Å²) >= 11 is 0. The van der Waals surface area contributed by atoms with Gasteiger partial charge in [-0.05, 0) is 42.5 Å². The standard InChI is InChI=1S/C16H23NO/c1-2-5-14-12-15(17)8-9-16(14)18-11-10-13-6-3-4-7-13/h2,8-9,12-13H,1,3-7,10-11,17H2. The Labute approximate surface area is 110 Å². The number of ether oxygens (including phenoxy) is 1. The number of allylic oxidation sites excluding steroid dienone is 1. The van der Waals surface area contributed by atoms with E-state index in [1.54, 1.807) is 0 Å². The number of hydrogen-bond donors (Lipinski definition) is 1. The Balaban J connectivity index is 1.88. The van der Waals surface area contributed by atoms with Crippen molar-refractivity contribution in [3.8, 4) is 5.75 Å². The van der Waals surface area contributed by atoms with Gasteiger partial charge in [0, 0.05) is 5.69 Å². The van der Waals surface area contributed by atoms with Crippen LogP contribution in [0.5, 0.6) is 5.75 Å². The predicted octanol–water partition coefficient (Wildman–Crippen LogP) is 3.96. The van der Waals surface area contributed by atoms with E-state index in [0.29, 0.717) is 0 Å². The Kier molecular flexibility index (Phi) is 4.68. The summed E-state index contributed by atoms with van der Waals surface area (Å²) in [7, 11) is 0. The number of hydrogen-bond acceptors (Lipinski definition) is 2. The molecule has 0 bridgehead atoms. The maximum absolute atomic E-state index is 5.90. The molecule has 2 heteroatoms. The minimum atomic E-state index is 0.787. The predicted molar refractivity (Wildman–Crippen MR) is 76.8 cm³/mol. The summed E-state index contributed by atoms with van der Waals surface area (Å²) in [5.41, 5.74) is 7.72. The monoisotopic (exact) mass is 245 g/mol. The molecule has 1 saturated carbocycles.